The average molecular weight is 293 g/mol. The predicted molar refractivity (Wildman–Crippen MR) is 78.8 cm³/mol. The van der Waals surface area contributed by atoms with E-state index in [4.69, 9.17) is 5.11 Å². The second-order valence-electron chi connectivity index (χ2n) is 5.42. The molecule has 0 aliphatic heterocycles. The molecule has 2 N–H and O–H groups in total. The van der Waals surface area contributed by atoms with E-state index in [9.17, 15) is 14.9 Å². The Labute approximate surface area is 122 Å². The number of likely N-dealkylation sites (N-methyl/N-ethyl adjacent to an activating group) is 1. The van der Waals surface area contributed by atoms with E-state index in [1.54, 1.807) is 0 Å². The van der Waals surface area contributed by atoms with Crippen LogP contribution in [-0.4, -0.2) is 46.6 Å². The van der Waals surface area contributed by atoms with E-state index >= 15 is 0 Å². The van der Waals surface area contributed by atoms with Gasteiger partial charge < -0.3 is 10.4 Å². The number of carboxylic acid groups (broad SMARTS) is 1. The minimum absolute atomic E-state index is 0.0336. The van der Waals surface area contributed by atoms with E-state index in [1.807, 2.05) is 14.0 Å². The molecule has 21 heavy (non-hydrogen) atoms. The molecule has 0 saturated heterocycles. The lowest BCUT2D eigenvalue weighted by Crippen LogP contribution is -2.36. The van der Waals surface area contributed by atoms with Gasteiger partial charge in [-0.2, -0.15) is 0 Å². The molecule has 1 aliphatic carbocycles. The summed E-state index contributed by atoms with van der Waals surface area (Å²) in [5.74, 6) is -1.10. The van der Waals surface area contributed by atoms with Crippen LogP contribution < -0.4 is 5.32 Å². The lowest BCUT2D eigenvalue weighted by molar-refractivity contribution is -0.384. The van der Waals surface area contributed by atoms with E-state index < -0.39 is 10.9 Å². The standard InChI is InChI=1S/C14H19N3O4/c1-9(16(2)11-4-5-11)8-15-12-7-10(14(18)19)3-6-13(12)17(20)21/h3,6-7,9,11,15H,4-5,8H2,1-2H3,(H,18,19). The third-order valence-electron chi connectivity index (χ3n) is 3.85. The lowest BCUT2D eigenvalue weighted by Gasteiger charge is -2.25. The molecule has 1 aliphatic rings. The van der Waals surface area contributed by atoms with Gasteiger partial charge in [-0.25, -0.2) is 4.79 Å². The number of carboxylic acids is 1. The summed E-state index contributed by atoms with van der Waals surface area (Å²) in [7, 11) is 2.03. The van der Waals surface area contributed by atoms with Gasteiger partial charge in [-0.3, -0.25) is 15.0 Å². The third-order valence-corrected chi connectivity index (χ3v) is 3.85. The van der Waals surface area contributed by atoms with E-state index in [1.165, 1.54) is 31.0 Å². The highest BCUT2D eigenvalue weighted by molar-refractivity contribution is 5.90. The smallest absolute Gasteiger partial charge is 0.335 e. The zero-order valence-electron chi connectivity index (χ0n) is 12.1. The van der Waals surface area contributed by atoms with Crippen molar-refractivity contribution in [2.45, 2.75) is 31.8 Å². The molecule has 1 aromatic carbocycles. The van der Waals surface area contributed by atoms with Crippen molar-refractivity contribution in [3.8, 4) is 0 Å². The Hall–Kier alpha value is -2.15. The molecule has 1 aromatic rings. The van der Waals surface area contributed by atoms with Crippen LogP contribution in [0.5, 0.6) is 0 Å². The molecule has 7 nitrogen and oxygen atoms in total. The monoisotopic (exact) mass is 293 g/mol. The van der Waals surface area contributed by atoms with Crippen LogP contribution in [0.4, 0.5) is 11.4 Å². The number of nitro benzene ring substituents is 1. The summed E-state index contributed by atoms with van der Waals surface area (Å²) in [4.78, 5) is 23.7. The number of nitrogens with zero attached hydrogens (tertiary/aromatic N) is 2. The quantitative estimate of drug-likeness (QED) is 0.591. The molecule has 0 aromatic heterocycles. The van der Waals surface area contributed by atoms with Gasteiger partial charge in [0.25, 0.3) is 5.69 Å². The van der Waals surface area contributed by atoms with E-state index in [0.717, 1.165) is 0 Å². The second kappa shape index (κ2) is 6.09. The zero-order valence-corrected chi connectivity index (χ0v) is 12.1. The number of aromatic carboxylic acids is 1. The Morgan fingerprint density at radius 1 is 1.57 bits per heavy atom. The number of hydrogen-bond acceptors (Lipinski definition) is 5. The Kier molecular flexibility index (Phi) is 4.42. The van der Waals surface area contributed by atoms with Crippen LogP contribution in [0.15, 0.2) is 18.2 Å². The van der Waals surface area contributed by atoms with Crippen LogP contribution in [-0.2, 0) is 0 Å². The normalized spacial score (nSPS) is 15.8. The highest BCUT2D eigenvalue weighted by Crippen LogP contribution is 2.28. The summed E-state index contributed by atoms with van der Waals surface area (Å²) < 4.78 is 0. The van der Waals surface area contributed by atoms with Crippen molar-refractivity contribution >= 4 is 17.3 Å². The predicted octanol–water partition coefficient (Wildman–Crippen LogP) is 2.19. The van der Waals surface area contributed by atoms with Crippen molar-refractivity contribution in [1.82, 2.24) is 4.90 Å². The Balaban J connectivity index is 2.10. The molecule has 1 saturated carbocycles. The van der Waals surface area contributed by atoms with Crippen LogP contribution in [0.3, 0.4) is 0 Å². The van der Waals surface area contributed by atoms with Crippen LogP contribution in [0.1, 0.15) is 30.1 Å². The van der Waals surface area contributed by atoms with Gasteiger partial charge in [-0.15, -0.1) is 0 Å². The second-order valence-corrected chi connectivity index (χ2v) is 5.42. The zero-order chi connectivity index (χ0) is 15.6. The molecular formula is C14H19N3O4. The van der Waals surface area contributed by atoms with E-state index in [-0.39, 0.29) is 23.0 Å². The fourth-order valence-electron chi connectivity index (χ4n) is 2.21. The van der Waals surface area contributed by atoms with Gasteiger partial charge in [0.15, 0.2) is 0 Å². The van der Waals surface area contributed by atoms with Crippen molar-refractivity contribution in [2.75, 3.05) is 18.9 Å². The molecule has 0 spiro atoms. The highest BCUT2D eigenvalue weighted by atomic mass is 16.6. The van der Waals surface area contributed by atoms with Gasteiger partial charge in [0.05, 0.1) is 10.5 Å². The molecular weight excluding hydrogens is 274 g/mol. The summed E-state index contributed by atoms with van der Waals surface area (Å²) in [6.45, 7) is 2.56. The summed E-state index contributed by atoms with van der Waals surface area (Å²) in [6, 6.07) is 4.59. The number of nitro groups is 1. The first-order valence-corrected chi connectivity index (χ1v) is 6.87. The number of nitrogens with one attached hydrogen (secondary N) is 1. The van der Waals surface area contributed by atoms with E-state index in [2.05, 4.69) is 10.2 Å². The summed E-state index contributed by atoms with van der Waals surface area (Å²) in [5.41, 5.74) is 0.170. The molecule has 1 atom stereocenters. The van der Waals surface area contributed by atoms with Crippen LogP contribution >= 0.6 is 0 Å². The molecule has 7 heteroatoms. The first-order valence-electron chi connectivity index (χ1n) is 6.87. The van der Waals surface area contributed by atoms with Crippen molar-refractivity contribution in [2.24, 2.45) is 0 Å². The van der Waals surface area contributed by atoms with Gasteiger partial charge in [0, 0.05) is 24.7 Å². The van der Waals surface area contributed by atoms with Gasteiger partial charge in [0.1, 0.15) is 5.69 Å². The third kappa shape index (κ3) is 3.69. The SMILES string of the molecule is CC(CNc1cc(C(=O)O)ccc1[N+](=O)[O-])N(C)C1CC1. The number of anilines is 1. The number of rotatable bonds is 7. The maximum atomic E-state index is 11.0. The van der Waals surface area contributed by atoms with Crippen LogP contribution in [0.2, 0.25) is 0 Å². The number of hydrogen-bond donors (Lipinski definition) is 2. The minimum atomic E-state index is -1.10. The maximum absolute atomic E-state index is 11.0. The van der Waals surface area contributed by atoms with Gasteiger partial charge in [0.2, 0.25) is 0 Å². The molecule has 0 amide bonds. The van der Waals surface area contributed by atoms with Gasteiger partial charge in [-0.05, 0) is 38.9 Å². The molecule has 1 fully saturated rings. The van der Waals surface area contributed by atoms with Crippen LogP contribution in [0, 0.1) is 10.1 Å². The highest BCUT2D eigenvalue weighted by Gasteiger charge is 2.29. The Morgan fingerprint density at radius 3 is 2.76 bits per heavy atom. The summed E-state index contributed by atoms with van der Waals surface area (Å²) in [6.07, 6.45) is 2.38. The molecule has 1 unspecified atom stereocenters. The molecule has 2 rings (SSSR count). The van der Waals surface area contributed by atoms with Crippen molar-refractivity contribution in [1.29, 1.82) is 0 Å². The minimum Gasteiger partial charge on any atom is -0.478 e. The summed E-state index contributed by atoms with van der Waals surface area (Å²) in [5, 5.41) is 23.0. The fraction of sp³-hybridized carbons (Fsp3) is 0.500. The lowest BCUT2D eigenvalue weighted by atomic mass is 10.1. The van der Waals surface area contributed by atoms with E-state index in [0.29, 0.717) is 12.6 Å². The average Bonchev–Trinajstić information content (AvgIpc) is 3.27. The number of carbonyl (C=O) groups is 1. The summed E-state index contributed by atoms with van der Waals surface area (Å²) >= 11 is 0. The van der Waals surface area contributed by atoms with Gasteiger partial charge >= 0.3 is 5.97 Å². The van der Waals surface area contributed by atoms with Gasteiger partial charge in [-0.1, -0.05) is 0 Å². The Bertz CT molecular complexity index is 557. The maximum Gasteiger partial charge on any atom is 0.335 e. The van der Waals surface area contributed by atoms with Crippen molar-refractivity contribution in [3.05, 3.63) is 33.9 Å². The molecule has 0 radical (unpaired) electrons. The number of benzene rings is 1. The molecule has 0 bridgehead atoms. The molecule has 114 valence electrons. The first-order chi connectivity index (χ1) is 9.90. The van der Waals surface area contributed by atoms with Crippen molar-refractivity contribution in [3.63, 3.8) is 0 Å². The fourth-order valence-corrected chi connectivity index (χ4v) is 2.21. The van der Waals surface area contributed by atoms with Crippen molar-refractivity contribution < 1.29 is 14.8 Å². The molecule has 0 heterocycles. The Morgan fingerprint density at radius 2 is 2.24 bits per heavy atom. The van der Waals surface area contributed by atoms with Crippen LogP contribution in [0.25, 0.3) is 0 Å². The topological polar surface area (TPSA) is 95.7 Å². The first kappa shape index (κ1) is 15.2. The largest absolute Gasteiger partial charge is 0.478 e.